The topological polar surface area (TPSA) is 75.3 Å². The maximum atomic E-state index is 12.3. The van der Waals surface area contributed by atoms with Gasteiger partial charge in [-0.3, -0.25) is 4.68 Å². The Morgan fingerprint density at radius 3 is 2.40 bits per heavy atom. The standard InChI is InChI=1S/C7H7F3N2O3/c1-12-4(6(14)15)3(2-13)5(11-12)7(8,9)10/h13H,2H2,1H3,(H,14,15). The lowest BCUT2D eigenvalue weighted by Crippen LogP contribution is -2.10. The van der Waals surface area contributed by atoms with E-state index in [9.17, 15) is 18.0 Å². The minimum absolute atomic E-state index is 0.580. The summed E-state index contributed by atoms with van der Waals surface area (Å²) in [6, 6.07) is 0. The van der Waals surface area contributed by atoms with Gasteiger partial charge in [-0.1, -0.05) is 0 Å². The Morgan fingerprint density at radius 2 is 2.07 bits per heavy atom. The van der Waals surface area contributed by atoms with Crippen molar-refractivity contribution < 1.29 is 28.2 Å². The molecule has 0 spiro atoms. The summed E-state index contributed by atoms with van der Waals surface area (Å²) in [5.74, 6) is -1.57. The van der Waals surface area contributed by atoms with E-state index in [0.717, 1.165) is 7.05 Å². The highest BCUT2D eigenvalue weighted by atomic mass is 19.4. The summed E-state index contributed by atoms with van der Waals surface area (Å²) < 4.78 is 37.5. The van der Waals surface area contributed by atoms with Gasteiger partial charge in [0.05, 0.1) is 6.61 Å². The number of nitrogens with zero attached hydrogens (tertiary/aromatic N) is 2. The number of carboxylic acids is 1. The average Bonchev–Trinajstić information content (AvgIpc) is 2.41. The number of hydrogen-bond acceptors (Lipinski definition) is 3. The molecule has 0 atom stereocenters. The fourth-order valence-corrected chi connectivity index (χ4v) is 1.21. The van der Waals surface area contributed by atoms with E-state index in [1.807, 2.05) is 0 Å². The van der Waals surface area contributed by atoms with Crippen LogP contribution in [0.3, 0.4) is 0 Å². The molecule has 2 N–H and O–H groups in total. The number of carbonyl (C=O) groups is 1. The first-order chi connectivity index (χ1) is 6.79. The number of aliphatic hydroxyl groups is 1. The summed E-state index contributed by atoms with van der Waals surface area (Å²) in [5.41, 5.74) is -2.76. The molecule has 1 aromatic heterocycles. The van der Waals surface area contributed by atoms with Gasteiger partial charge in [0.15, 0.2) is 11.4 Å². The van der Waals surface area contributed by atoms with Gasteiger partial charge in [0.2, 0.25) is 0 Å². The van der Waals surface area contributed by atoms with Crippen molar-refractivity contribution in [3.05, 3.63) is 17.0 Å². The number of alkyl halides is 3. The van der Waals surface area contributed by atoms with Crippen molar-refractivity contribution in [2.24, 2.45) is 7.05 Å². The molecule has 0 radical (unpaired) electrons. The Balaban J connectivity index is 3.45. The van der Waals surface area contributed by atoms with Crippen LogP contribution in [0.1, 0.15) is 21.7 Å². The van der Waals surface area contributed by atoms with Crippen molar-refractivity contribution in [1.29, 1.82) is 0 Å². The van der Waals surface area contributed by atoms with Gasteiger partial charge >= 0.3 is 12.1 Å². The summed E-state index contributed by atoms with van der Waals surface area (Å²) in [6.07, 6.45) is -4.77. The number of carboxylic acid groups (broad SMARTS) is 1. The van der Waals surface area contributed by atoms with Gasteiger partial charge in [0.25, 0.3) is 0 Å². The highest BCUT2D eigenvalue weighted by Gasteiger charge is 2.39. The summed E-state index contributed by atoms with van der Waals surface area (Å²) in [5, 5.41) is 20.4. The van der Waals surface area contributed by atoms with Crippen molar-refractivity contribution in [2.75, 3.05) is 0 Å². The molecule has 0 unspecified atom stereocenters. The van der Waals surface area contributed by atoms with Crippen molar-refractivity contribution in [1.82, 2.24) is 9.78 Å². The van der Waals surface area contributed by atoms with Gasteiger partial charge in [-0.2, -0.15) is 18.3 Å². The predicted molar refractivity (Wildman–Crippen MR) is 41.1 cm³/mol. The highest BCUT2D eigenvalue weighted by molar-refractivity contribution is 5.87. The Kier molecular flexibility index (Phi) is 2.71. The molecule has 0 aromatic carbocycles. The van der Waals surface area contributed by atoms with Crippen LogP contribution in [0.25, 0.3) is 0 Å². The molecule has 8 heteroatoms. The van der Waals surface area contributed by atoms with Crippen LogP contribution in [0.15, 0.2) is 0 Å². The Labute approximate surface area is 81.7 Å². The summed E-state index contributed by atoms with van der Waals surface area (Å²) in [7, 11) is 1.07. The van der Waals surface area contributed by atoms with Gasteiger partial charge < -0.3 is 10.2 Å². The average molecular weight is 224 g/mol. The second kappa shape index (κ2) is 3.54. The summed E-state index contributed by atoms with van der Waals surface area (Å²) >= 11 is 0. The fourth-order valence-electron chi connectivity index (χ4n) is 1.21. The zero-order valence-electron chi connectivity index (χ0n) is 7.54. The van der Waals surface area contributed by atoms with E-state index in [1.165, 1.54) is 0 Å². The van der Waals surface area contributed by atoms with Gasteiger partial charge in [-0.15, -0.1) is 0 Å². The van der Waals surface area contributed by atoms with Crippen LogP contribution in [0.5, 0.6) is 0 Å². The molecule has 1 rings (SSSR count). The van der Waals surface area contributed by atoms with E-state index in [2.05, 4.69) is 5.10 Å². The quantitative estimate of drug-likeness (QED) is 0.772. The maximum Gasteiger partial charge on any atom is 0.435 e. The lowest BCUT2D eigenvalue weighted by Gasteiger charge is -2.03. The van der Waals surface area contributed by atoms with Gasteiger partial charge in [0.1, 0.15) is 0 Å². The molecule has 0 fully saturated rings. The zero-order chi connectivity index (χ0) is 11.8. The molecule has 0 aliphatic heterocycles. The first-order valence-electron chi connectivity index (χ1n) is 3.76. The molecule has 0 saturated carbocycles. The van der Waals surface area contributed by atoms with Crippen LogP contribution in [0, 0.1) is 0 Å². The molecule has 0 aliphatic carbocycles. The third-order valence-corrected chi connectivity index (χ3v) is 1.77. The number of aryl methyl sites for hydroxylation is 1. The zero-order valence-corrected chi connectivity index (χ0v) is 7.54. The van der Waals surface area contributed by atoms with E-state index >= 15 is 0 Å². The minimum atomic E-state index is -4.77. The molecule has 1 aromatic rings. The molecular weight excluding hydrogens is 217 g/mol. The first kappa shape index (κ1) is 11.5. The molecule has 0 bridgehead atoms. The predicted octanol–water partition coefficient (Wildman–Crippen LogP) is 0.629. The molecular formula is C7H7F3N2O3. The van der Waals surface area contributed by atoms with Crippen LogP contribution in [0.2, 0.25) is 0 Å². The van der Waals surface area contributed by atoms with Crippen molar-refractivity contribution >= 4 is 5.97 Å². The highest BCUT2D eigenvalue weighted by Crippen LogP contribution is 2.32. The number of hydrogen-bond donors (Lipinski definition) is 2. The second-order valence-electron chi connectivity index (χ2n) is 2.76. The molecule has 1 heterocycles. The third-order valence-electron chi connectivity index (χ3n) is 1.77. The van der Waals surface area contributed by atoms with E-state index in [4.69, 9.17) is 10.2 Å². The molecule has 5 nitrogen and oxygen atoms in total. The number of aliphatic hydroxyl groups excluding tert-OH is 1. The molecule has 0 aliphatic rings. The number of aromatic nitrogens is 2. The van der Waals surface area contributed by atoms with E-state index < -0.39 is 35.7 Å². The monoisotopic (exact) mass is 224 g/mol. The molecule has 0 amide bonds. The first-order valence-corrected chi connectivity index (χ1v) is 3.76. The summed E-state index contributed by atoms with van der Waals surface area (Å²) in [6.45, 7) is -1.02. The van der Waals surface area contributed by atoms with Crippen molar-refractivity contribution in [3.63, 3.8) is 0 Å². The summed E-state index contributed by atoms with van der Waals surface area (Å²) in [4.78, 5) is 10.6. The van der Waals surface area contributed by atoms with Crippen molar-refractivity contribution in [2.45, 2.75) is 12.8 Å². The van der Waals surface area contributed by atoms with Crippen LogP contribution < -0.4 is 0 Å². The Bertz CT molecular complexity index is 397. The van der Waals surface area contributed by atoms with Gasteiger partial charge in [-0.05, 0) is 0 Å². The normalized spacial score (nSPS) is 11.8. The smallest absolute Gasteiger partial charge is 0.435 e. The van der Waals surface area contributed by atoms with Gasteiger partial charge in [-0.25, -0.2) is 4.79 Å². The third kappa shape index (κ3) is 1.94. The number of halogens is 3. The number of aromatic carboxylic acids is 1. The Morgan fingerprint density at radius 1 is 1.53 bits per heavy atom. The number of rotatable bonds is 2. The maximum absolute atomic E-state index is 12.3. The van der Waals surface area contributed by atoms with Crippen LogP contribution in [-0.2, 0) is 19.8 Å². The van der Waals surface area contributed by atoms with Crippen LogP contribution in [0.4, 0.5) is 13.2 Å². The molecule has 84 valence electrons. The second-order valence-corrected chi connectivity index (χ2v) is 2.76. The van der Waals surface area contributed by atoms with Crippen molar-refractivity contribution in [3.8, 4) is 0 Å². The molecule has 0 saturated heterocycles. The van der Waals surface area contributed by atoms with E-state index in [-0.39, 0.29) is 0 Å². The van der Waals surface area contributed by atoms with Gasteiger partial charge in [0, 0.05) is 12.6 Å². The van der Waals surface area contributed by atoms with Crippen LogP contribution >= 0.6 is 0 Å². The van der Waals surface area contributed by atoms with E-state index in [0.29, 0.717) is 4.68 Å². The molecule has 15 heavy (non-hydrogen) atoms. The lowest BCUT2D eigenvalue weighted by molar-refractivity contribution is -0.142. The minimum Gasteiger partial charge on any atom is -0.477 e. The van der Waals surface area contributed by atoms with Crippen LogP contribution in [-0.4, -0.2) is 26.0 Å². The fraction of sp³-hybridized carbons (Fsp3) is 0.429. The lowest BCUT2D eigenvalue weighted by atomic mass is 10.2. The Hall–Kier alpha value is -1.57. The van der Waals surface area contributed by atoms with E-state index in [1.54, 1.807) is 0 Å². The largest absolute Gasteiger partial charge is 0.477 e. The SMILES string of the molecule is Cn1nc(C(F)(F)F)c(CO)c1C(=O)O.